The Hall–Kier alpha value is -1.54. The summed E-state index contributed by atoms with van der Waals surface area (Å²) in [5.74, 6) is 1.52. The largest absolute Gasteiger partial charge is 0.375 e. The van der Waals surface area contributed by atoms with Crippen molar-refractivity contribution in [2.24, 2.45) is 5.92 Å². The van der Waals surface area contributed by atoms with Gasteiger partial charge in [-0.15, -0.1) is 5.10 Å². The van der Waals surface area contributed by atoms with Crippen molar-refractivity contribution in [3.8, 4) is 0 Å². The van der Waals surface area contributed by atoms with Crippen LogP contribution in [0.2, 0.25) is 0 Å². The molecule has 0 radical (unpaired) electrons. The second kappa shape index (κ2) is 7.78. The number of nitrogens with zero attached hydrogens (tertiary/aromatic N) is 5. The summed E-state index contributed by atoms with van der Waals surface area (Å²) in [6.07, 6.45) is 4.10. The fourth-order valence-electron chi connectivity index (χ4n) is 3.64. The number of likely N-dealkylation sites (tertiary alicyclic amines) is 1. The summed E-state index contributed by atoms with van der Waals surface area (Å²) < 4.78 is 7.32. The molecule has 8 heteroatoms. The summed E-state index contributed by atoms with van der Waals surface area (Å²) in [6, 6.07) is 0.153. The van der Waals surface area contributed by atoms with Gasteiger partial charge < -0.3 is 10.1 Å². The van der Waals surface area contributed by atoms with Crippen LogP contribution in [0.3, 0.4) is 0 Å². The molecule has 3 rings (SSSR count). The molecule has 2 aliphatic heterocycles. The standard InChI is InChI=1S/C17H30N6O2/c1-13-4-7-22(8-5-13)11-15-19-20-21-23(15)12-16(24)18-14-6-9-25-17(2,3)10-14/h13-14H,4-12H2,1-3H3,(H,18,24). The van der Waals surface area contributed by atoms with Gasteiger partial charge in [-0.05, 0) is 69.0 Å². The molecule has 0 bridgehead atoms. The Kier molecular flexibility index (Phi) is 5.68. The van der Waals surface area contributed by atoms with Gasteiger partial charge in [0.25, 0.3) is 0 Å². The molecule has 1 aromatic rings. The van der Waals surface area contributed by atoms with Crippen molar-refractivity contribution in [3.63, 3.8) is 0 Å². The lowest BCUT2D eigenvalue weighted by Gasteiger charge is -2.35. The number of nitrogens with one attached hydrogen (secondary N) is 1. The third-order valence-corrected chi connectivity index (χ3v) is 5.20. The third kappa shape index (κ3) is 5.22. The van der Waals surface area contributed by atoms with E-state index >= 15 is 0 Å². The first-order valence-electron chi connectivity index (χ1n) is 9.32. The smallest absolute Gasteiger partial charge is 0.242 e. The van der Waals surface area contributed by atoms with Crippen LogP contribution in [0, 0.1) is 5.92 Å². The van der Waals surface area contributed by atoms with Crippen LogP contribution in [0.25, 0.3) is 0 Å². The average molecular weight is 350 g/mol. The Bertz CT molecular complexity index is 579. The zero-order valence-electron chi connectivity index (χ0n) is 15.6. The fraction of sp³-hybridized carbons (Fsp3) is 0.882. The first kappa shape index (κ1) is 18.3. The highest BCUT2D eigenvalue weighted by atomic mass is 16.5. The van der Waals surface area contributed by atoms with E-state index in [0.29, 0.717) is 13.2 Å². The van der Waals surface area contributed by atoms with E-state index in [1.165, 1.54) is 12.8 Å². The molecular formula is C17H30N6O2. The Morgan fingerprint density at radius 1 is 1.32 bits per heavy atom. The predicted molar refractivity (Wildman–Crippen MR) is 92.7 cm³/mol. The van der Waals surface area contributed by atoms with Crippen molar-refractivity contribution in [1.82, 2.24) is 30.4 Å². The predicted octanol–water partition coefficient (Wildman–Crippen LogP) is 0.979. The first-order valence-corrected chi connectivity index (χ1v) is 9.32. The minimum absolute atomic E-state index is 0.0384. The molecule has 1 aromatic heterocycles. The highest BCUT2D eigenvalue weighted by Gasteiger charge is 2.30. The molecule has 25 heavy (non-hydrogen) atoms. The van der Waals surface area contributed by atoms with Crippen molar-refractivity contribution >= 4 is 5.91 Å². The number of carbonyl (C=O) groups is 1. The molecular weight excluding hydrogens is 320 g/mol. The van der Waals surface area contributed by atoms with Crippen LogP contribution in [0.5, 0.6) is 0 Å². The van der Waals surface area contributed by atoms with Crippen LogP contribution in [0.1, 0.15) is 52.3 Å². The van der Waals surface area contributed by atoms with Gasteiger partial charge in [0.2, 0.25) is 5.91 Å². The Labute approximate surface area is 149 Å². The number of aromatic nitrogens is 4. The maximum Gasteiger partial charge on any atom is 0.242 e. The molecule has 2 aliphatic rings. The number of hydrogen-bond donors (Lipinski definition) is 1. The number of tetrazole rings is 1. The zero-order valence-corrected chi connectivity index (χ0v) is 15.6. The van der Waals surface area contributed by atoms with E-state index in [0.717, 1.165) is 37.7 Å². The topological polar surface area (TPSA) is 85.2 Å². The number of amides is 1. The van der Waals surface area contributed by atoms with Crippen LogP contribution < -0.4 is 5.32 Å². The van der Waals surface area contributed by atoms with Gasteiger partial charge in [0, 0.05) is 12.6 Å². The first-order chi connectivity index (χ1) is 11.9. The van der Waals surface area contributed by atoms with Crippen LogP contribution in [-0.2, 0) is 22.6 Å². The monoisotopic (exact) mass is 350 g/mol. The number of ether oxygens (including phenoxy) is 1. The van der Waals surface area contributed by atoms with E-state index in [1.54, 1.807) is 4.68 Å². The molecule has 3 heterocycles. The van der Waals surface area contributed by atoms with Crippen LogP contribution in [0.15, 0.2) is 0 Å². The second-order valence-corrected chi connectivity index (χ2v) is 8.08. The Balaban J connectivity index is 1.51. The van der Waals surface area contributed by atoms with Gasteiger partial charge in [0.05, 0.1) is 12.1 Å². The molecule has 2 fully saturated rings. The van der Waals surface area contributed by atoms with E-state index < -0.39 is 0 Å². The summed E-state index contributed by atoms with van der Waals surface area (Å²) >= 11 is 0. The molecule has 140 valence electrons. The van der Waals surface area contributed by atoms with E-state index in [-0.39, 0.29) is 24.1 Å². The van der Waals surface area contributed by atoms with Crippen molar-refractivity contribution in [1.29, 1.82) is 0 Å². The Morgan fingerprint density at radius 3 is 2.80 bits per heavy atom. The summed E-state index contributed by atoms with van der Waals surface area (Å²) in [7, 11) is 0. The van der Waals surface area contributed by atoms with Gasteiger partial charge in [-0.1, -0.05) is 6.92 Å². The second-order valence-electron chi connectivity index (χ2n) is 8.08. The van der Waals surface area contributed by atoms with Gasteiger partial charge in [-0.2, -0.15) is 0 Å². The molecule has 0 spiro atoms. The van der Waals surface area contributed by atoms with Crippen molar-refractivity contribution in [2.45, 2.75) is 71.2 Å². The number of rotatable bonds is 5. The molecule has 0 saturated carbocycles. The Morgan fingerprint density at radius 2 is 2.08 bits per heavy atom. The van der Waals surface area contributed by atoms with E-state index in [2.05, 4.69) is 46.5 Å². The van der Waals surface area contributed by atoms with Crippen molar-refractivity contribution < 1.29 is 9.53 Å². The highest BCUT2D eigenvalue weighted by Crippen LogP contribution is 2.23. The van der Waals surface area contributed by atoms with Crippen molar-refractivity contribution in [3.05, 3.63) is 5.82 Å². The van der Waals surface area contributed by atoms with Crippen LogP contribution in [-0.4, -0.2) is 62.4 Å². The minimum Gasteiger partial charge on any atom is -0.375 e. The maximum atomic E-state index is 12.4. The summed E-state index contributed by atoms with van der Waals surface area (Å²) in [4.78, 5) is 14.8. The SMILES string of the molecule is CC1CCN(Cc2nnnn2CC(=O)NC2CCOC(C)(C)C2)CC1. The lowest BCUT2D eigenvalue weighted by molar-refractivity contribution is -0.124. The van der Waals surface area contributed by atoms with Gasteiger partial charge >= 0.3 is 0 Å². The molecule has 2 saturated heterocycles. The molecule has 1 amide bonds. The quantitative estimate of drug-likeness (QED) is 0.852. The van der Waals surface area contributed by atoms with Gasteiger partial charge in [-0.3, -0.25) is 9.69 Å². The lowest BCUT2D eigenvalue weighted by atomic mass is 9.94. The molecule has 0 aliphatic carbocycles. The highest BCUT2D eigenvalue weighted by molar-refractivity contribution is 5.76. The third-order valence-electron chi connectivity index (χ3n) is 5.20. The molecule has 8 nitrogen and oxygen atoms in total. The number of hydrogen-bond acceptors (Lipinski definition) is 6. The van der Waals surface area contributed by atoms with Crippen LogP contribution in [0.4, 0.5) is 0 Å². The maximum absolute atomic E-state index is 12.4. The minimum atomic E-state index is -0.179. The van der Waals surface area contributed by atoms with Gasteiger partial charge in [0.1, 0.15) is 6.54 Å². The normalized spacial score (nSPS) is 25.0. The van der Waals surface area contributed by atoms with E-state index in [1.807, 2.05) is 0 Å². The van der Waals surface area contributed by atoms with E-state index in [9.17, 15) is 4.79 Å². The molecule has 1 atom stereocenters. The van der Waals surface area contributed by atoms with Gasteiger partial charge in [0.15, 0.2) is 5.82 Å². The summed E-state index contributed by atoms with van der Waals surface area (Å²) in [6.45, 7) is 10.1. The lowest BCUT2D eigenvalue weighted by Crippen LogP contribution is -2.46. The summed E-state index contributed by atoms with van der Waals surface area (Å²) in [5.41, 5.74) is -0.179. The number of piperidine rings is 1. The average Bonchev–Trinajstić information content (AvgIpc) is 2.95. The number of carbonyl (C=O) groups excluding carboxylic acids is 1. The molecule has 1 unspecified atom stereocenters. The molecule has 1 N–H and O–H groups in total. The summed E-state index contributed by atoms with van der Waals surface area (Å²) in [5, 5.41) is 15.0. The van der Waals surface area contributed by atoms with Crippen molar-refractivity contribution in [2.75, 3.05) is 19.7 Å². The molecule has 0 aromatic carbocycles. The van der Waals surface area contributed by atoms with Crippen LogP contribution >= 0.6 is 0 Å². The zero-order chi connectivity index (χ0) is 17.9. The van der Waals surface area contributed by atoms with Gasteiger partial charge in [-0.25, -0.2) is 4.68 Å². The fourth-order valence-corrected chi connectivity index (χ4v) is 3.64. The van der Waals surface area contributed by atoms with E-state index in [4.69, 9.17) is 4.74 Å².